The van der Waals surface area contributed by atoms with Crippen LogP contribution < -0.4 is 0 Å². The lowest BCUT2D eigenvalue weighted by Gasteiger charge is -2.47. The van der Waals surface area contributed by atoms with Crippen molar-refractivity contribution in [2.45, 2.75) is 31.5 Å². The van der Waals surface area contributed by atoms with Crippen LogP contribution >= 0.6 is 0 Å². The van der Waals surface area contributed by atoms with Gasteiger partial charge in [-0.2, -0.15) is 16.8 Å². The van der Waals surface area contributed by atoms with E-state index >= 15 is 0 Å². The summed E-state index contributed by atoms with van der Waals surface area (Å²) in [5, 5.41) is 0. The van der Waals surface area contributed by atoms with Crippen LogP contribution in [0.2, 0.25) is 0 Å². The van der Waals surface area contributed by atoms with Gasteiger partial charge < -0.3 is 0 Å². The van der Waals surface area contributed by atoms with Gasteiger partial charge in [0.1, 0.15) is 12.2 Å². The smallest absolute Gasteiger partial charge is 0.264 e. The maximum atomic E-state index is 11.9. The predicted octanol–water partition coefficient (Wildman–Crippen LogP) is 1.65. The second kappa shape index (κ2) is 5.18. The Morgan fingerprint density at radius 2 is 1.04 bits per heavy atom. The lowest BCUT2D eigenvalue weighted by atomic mass is 9.60. The summed E-state index contributed by atoms with van der Waals surface area (Å²) < 4.78 is 58.4. The summed E-state index contributed by atoms with van der Waals surface area (Å²) in [6.07, 6.45) is 8.94. The molecule has 0 saturated heterocycles. The van der Waals surface area contributed by atoms with Crippen LogP contribution in [0.25, 0.3) is 0 Å². The maximum absolute atomic E-state index is 11.9. The van der Waals surface area contributed by atoms with E-state index in [1.165, 1.54) is 12.8 Å². The van der Waals surface area contributed by atoms with Gasteiger partial charge in [0.15, 0.2) is 0 Å². The first kappa shape index (κ1) is 17.4. The Bertz CT molecular complexity index is 852. The molecule has 5 saturated carbocycles. The minimum Gasteiger partial charge on any atom is -0.264 e. The van der Waals surface area contributed by atoms with Crippen molar-refractivity contribution in [3.05, 3.63) is 12.2 Å². The summed E-state index contributed by atoms with van der Waals surface area (Å²) in [6.45, 7) is 0. The van der Waals surface area contributed by atoms with E-state index in [1.807, 2.05) is 0 Å². The van der Waals surface area contributed by atoms with Crippen molar-refractivity contribution in [2.24, 2.45) is 59.2 Å². The summed E-state index contributed by atoms with van der Waals surface area (Å²) >= 11 is 0. The van der Waals surface area contributed by atoms with Crippen molar-refractivity contribution in [1.82, 2.24) is 0 Å². The molecule has 0 amide bonds. The first-order chi connectivity index (χ1) is 12.6. The van der Waals surface area contributed by atoms with Gasteiger partial charge in [-0.3, -0.25) is 8.37 Å². The molecule has 6 aliphatic carbocycles. The monoisotopic (exact) mass is 414 g/mol. The van der Waals surface area contributed by atoms with Crippen LogP contribution in [-0.2, 0) is 28.6 Å². The average molecular weight is 415 g/mol. The maximum Gasteiger partial charge on any atom is 0.264 e. The second-order valence-electron chi connectivity index (χ2n) is 9.91. The number of hydrogen-bond acceptors (Lipinski definition) is 6. The van der Waals surface area contributed by atoms with Gasteiger partial charge in [-0.25, -0.2) is 0 Å². The number of fused-ring (bicyclic) bond motifs is 16. The minimum absolute atomic E-state index is 0.0977. The third kappa shape index (κ3) is 2.30. The van der Waals surface area contributed by atoms with Crippen LogP contribution in [0.15, 0.2) is 12.2 Å². The minimum atomic E-state index is -3.67. The molecule has 0 spiro atoms. The van der Waals surface area contributed by atoms with Gasteiger partial charge in [0.05, 0.1) is 12.5 Å². The Labute approximate surface area is 160 Å². The highest BCUT2D eigenvalue weighted by molar-refractivity contribution is 7.86. The molecule has 150 valence electrons. The number of allylic oxidation sites excluding steroid dienone is 2. The SMILES string of the molecule is CS(=O)(=O)OC1C2CC(C1OS(C)(=O)=O)C1C3CC(C4C5C=CC(C5)C34)C21. The Hall–Kier alpha value is -0.440. The van der Waals surface area contributed by atoms with Gasteiger partial charge in [0.2, 0.25) is 0 Å². The molecule has 0 heterocycles. The Morgan fingerprint density at radius 1 is 0.630 bits per heavy atom. The fourth-order valence-electron chi connectivity index (χ4n) is 8.82. The topological polar surface area (TPSA) is 86.7 Å². The molecule has 5 fully saturated rings. The van der Waals surface area contributed by atoms with E-state index in [9.17, 15) is 16.8 Å². The van der Waals surface area contributed by atoms with Crippen molar-refractivity contribution in [3.8, 4) is 0 Å². The first-order valence-corrected chi connectivity index (χ1v) is 13.7. The van der Waals surface area contributed by atoms with Crippen LogP contribution in [0.5, 0.6) is 0 Å². The summed E-state index contributed by atoms with van der Waals surface area (Å²) in [4.78, 5) is 0. The van der Waals surface area contributed by atoms with Crippen LogP contribution in [0.3, 0.4) is 0 Å². The van der Waals surface area contributed by atoms with E-state index in [4.69, 9.17) is 8.37 Å². The Kier molecular flexibility index (Phi) is 3.34. The molecule has 0 radical (unpaired) electrons. The second-order valence-corrected chi connectivity index (χ2v) is 13.1. The quantitative estimate of drug-likeness (QED) is 0.395. The van der Waals surface area contributed by atoms with E-state index in [0.717, 1.165) is 30.8 Å². The predicted molar refractivity (Wildman–Crippen MR) is 97.3 cm³/mol. The summed E-state index contributed by atoms with van der Waals surface area (Å²) in [5.74, 6) is 5.33. The van der Waals surface area contributed by atoms with Crippen molar-refractivity contribution in [2.75, 3.05) is 12.5 Å². The fourth-order valence-corrected chi connectivity index (χ4v) is 10.1. The fraction of sp³-hybridized carbons (Fsp3) is 0.895. The van der Waals surface area contributed by atoms with Gasteiger partial charge >= 0.3 is 0 Å². The van der Waals surface area contributed by atoms with Gasteiger partial charge in [-0.05, 0) is 78.4 Å². The third-order valence-corrected chi connectivity index (χ3v) is 9.97. The van der Waals surface area contributed by atoms with Crippen molar-refractivity contribution in [1.29, 1.82) is 0 Å². The molecule has 0 aromatic carbocycles. The molecule has 6 aliphatic rings. The zero-order valence-electron chi connectivity index (χ0n) is 15.5. The lowest BCUT2D eigenvalue weighted by Crippen LogP contribution is -2.51. The van der Waals surface area contributed by atoms with Gasteiger partial charge in [-0.15, -0.1) is 0 Å². The molecule has 12 unspecified atom stereocenters. The van der Waals surface area contributed by atoms with Crippen LogP contribution in [0.1, 0.15) is 19.3 Å². The normalized spacial score (nSPS) is 56.8. The zero-order valence-corrected chi connectivity index (χ0v) is 17.1. The molecule has 0 aliphatic heterocycles. The van der Waals surface area contributed by atoms with E-state index in [1.54, 1.807) is 0 Å². The highest BCUT2D eigenvalue weighted by Crippen LogP contribution is 2.76. The molecule has 6 rings (SSSR count). The molecule has 6 bridgehead atoms. The summed E-state index contributed by atoms with van der Waals surface area (Å²) in [6, 6.07) is 0. The largest absolute Gasteiger partial charge is 0.264 e. The third-order valence-electron chi connectivity index (χ3n) is 8.82. The molecule has 8 heteroatoms. The highest BCUT2D eigenvalue weighted by Gasteiger charge is 2.73. The Balaban J connectivity index is 1.37. The van der Waals surface area contributed by atoms with Gasteiger partial charge in [0, 0.05) is 0 Å². The molecule has 0 N–H and O–H groups in total. The van der Waals surface area contributed by atoms with Crippen LogP contribution in [0.4, 0.5) is 0 Å². The van der Waals surface area contributed by atoms with Gasteiger partial charge in [-0.1, -0.05) is 12.2 Å². The molecular weight excluding hydrogens is 388 g/mol. The average Bonchev–Trinajstić information content (AvgIpc) is 3.32. The number of rotatable bonds is 4. The standard InChI is InChI=1S/C19H26O6S2/c1-26(20,21)24-18-12-7-13(19(18)25-27(2,22)23)17-11-6-10(16(12)17)14-8-3-4-9(5-8)15(11)14/h3-4,8-19H,5-7H2,1-2H3. The van der Waals surface area contributed by atoms with E-state index in [-0.39, 0.29) is 11.8 Å². The summed E-state index contributed by atoms with van der Waals surface area (Å²) in [5.41, 5.74) is 0. The highest BCUT2D eigenvalue weighted by atomic mass is 32.2. The lowest BCUT2D eigenvalue weighted by molar-refractivity contribution is -0.0604. The molecule has 0 aromatic heterocycles. The first-order valence-electron chi connectivity index (χ1n) is 10.1. The molecule has 0 aromatic rings. The van der Waals surface area contributed by atoms with E-state index in [2.05, 4.69) is 12.2 Å². The van der Waals surface area contributed by atoms with Crippen LogP contribution in [-0.4, -0.2) is 41.6 Å². The molecule has 6 nitrogen and oxygen atoms in total. The molecule has 12 atom stereocenters. The Morgan fingerprint density at radius 3 is 1.44 bits per heavy atom. The van der Waals surface area contributed by atoms with E-state index in [0.29, 0.717) is 35.5 Å². The van der Waals surface area contributed by atoms with Gasteiger partial charge in [0.25, 0.3) is 20.2 Å². The van der Waals surface area contributed by atoms with Crippen molar-refractivity contribution < 1.29 is 25.2 Å². The number of hydrogen-bond donors (Lipinski definition) is 0. The van der Waals surface area contributed by atoms with Crippen molar-refractivity contribution in [3.63, 3.8) is 0 Å². The zero-order chi connectivity index (χ0) is 18.9. The van der Waals surface area contributed by atoms with Crippen molar-refractivity contribution >= 4 is 20.2 Å². The van der Waals surface area contributed by atoms with E-state index < -0.39 is 32.4 Å². The van der Waals surface area contributed by atoms with Crippen LogP contribution in [0, 0.1) is 59.2 Å². The molecular formula is C19H26O6S2. The molecule has 27 heavy (non-hydrogen) atoms. The summed E-state index contributed by atoms with van der Waals surface area (Å²) in [7, 11) is -7.34.